The third-order valence-electron chi connectivity index (χ3n) is 7.52. The number of hydrogen-bond donors (Lipinski definition) is 0. The van der Waals surface area contributed by atoms with Crippen LogP contribution in [0.3, 0.4) is 0 Å². The Balaban J connectivity index is 0.00000320. The molecule has 2 heterocycles. The molecule has 2 aromatic carbocycles. The summed E-state index contributed by atoms with van der Waals surface area (Å²) in [6, 6.07) is 14.7. The molecule has 37 heavy (non-hydrogen) atoms. The summed E-state index contributed by atoms with van der Waals surface area (Å²) >= 11 is 0. The first-order valence-electron chi connectivity index (χ1n) is 12.8. The van der Waals surface area contributed by atoms with Crippen molar-refractivity contribution in [1.82, 2.24) is 30.0 Å². The van der Waals surface area contributed by atoms with E-state index in [1.807, 2.05) is 18.2 Å². The first-order valence-corrected chi connectivity index (χ1v) is 12.8. The highest BCUT2D eigenvalue weighted by molar-refractivity contribution is 5.85. The summed E-state index contributed by atoms with van der Waals surface area (Å²) in [5, 5.41) is 13.2. The van der Waals surface area contributed by atoms with Gasteiger partial charge in [0.15, 0.2) is 17.3 Å². The van der Waals surface area contributed by atoms with Crippen LogP contribution in [0.2, 0.25) is 0 Å². The predicted molar refractivity (Wildman–Crippen MR) is 144 cm³/mol. The molecule has 1 unspecified atom stereocenters. The second-order valence-corrected chi connectivity index (χ2v) is 9.56. The zero-order valence-corrected chi connectivity index (χ0v) is 22.7. The Bertz CT molecular complexity index is 1140. The van der Waals surface area contributed by atoms with Gasteiger partial charge in [-0.3, -0.25) is 9.80 Å². The lowest BCUT2D eigenvalue weighted by Crippen LogP contribution is -2.48. The highest BCUT2D eigenvalue weighted by Gasteiger charge is 2.33. The molecule has 1 saturated carbocycles. The largest absolute Gasteiger partial charge is 0.496 e. The van der Waals surface area contributed by atoms with Gasteiger partial charge in [-0.1, -0.05) is 37.1 Å². The van der Waals surface area contributed by atoms with Gasteiger partial charge in [0.1, 0.15) is 5.75 Å². The van der Waals surface area contributed by atoms with Crippen molar-refractivity contribution in [2.75, 3.05) is 47.5 Å². The van der Waals surface area contributed by atoms with Gasteiger partial charge < -0.3 is 14.2 Å². The predicted octanol–water partition coefficient (Wildman–Crippen LogP) is 4.14. The lowest BCUT2D eigenvalue weighted by Gasteiger charge is -2.39. The Morgan fingerprint density at radius 2 is 1.57 bits per heavy atom. The van der Waals surface area contributed by atoms with Crippen LogP contribution < -0.4 is 14.2 Å². The van der Waals surface area contributed by atoms with Gasteiger partial charge in [0.05, 0.1) is 33.4 Å². The van der Waals surface area contributed by atoms with Crippen molar-refractivity contribution in [2.45, 2.75) is 44.3 Å². The van der Waals surface area contributed by atoms with Gasteiger partial charge in [0, 0.05) is 38.3 Å². The number of para-hydroxylation sites is 1. The lowest BCUT2D eigenvalue weighted by molar-refractivity contribution is 0.0986. The number of methoxy groups -OCH3 is 3. The second-order valence-electron chi connectivity index (χ2n) is 9.56. The summed E-state index contributed by atoms with van der Waals surface area (Å²) in [4.78, 5) is 4.98. The van der Waals surface area contributed by atoms with Crippen LogP contribution >= 0.6 is 12.4 Å². The molecule has 3 aromatic rings. The third kappa shape index (κ3) is 5.84. The van der Waals surface area contributed by atoms with Crippen molar-refractivity contribution in [3.8, 4) is 17.2 Å². The van der Waals surface area contributed by atoms with E-state index < -0.39 is 0 Å². The molecule has 1 atom stereocenters. The van der Waals surface area contributed by atoms with Gasteiger partial charge in [0.2, 0.25) is 0 Å². The van der Waals surface area contributed by atoms with Gasteiger partial charge in [-0.25, -0.2) is 4.68 Å². The summed E-state index contributed by atoms with van der Waals surface area (Å²) in [5.74, 6) is 3.29. The number of benzene rings is 2. The number of aromatic nitrogens is 4. The Morgan fingerprint density at radius 1 is 0.865 bits per heavy atom. The topological polar surface area (TPSA) is 77.8 Å². The van der Waals surface area contributed by atoms with Crippen molar-refractivity contribution in [1.29, 1.82) is 0 Å². The first-order chi connectivity index (χ1) is 17.7. The fourth-order valence-electron chi connectivity index (χ4n) is 5.59. The van der Waals surface area contributed by atoms with E-state index in [9.17, 15) is 0 Å². The Morgan fingerprint density at radius 3 is 2.27 bits per heavy atom. The Labute approximate surface area is 225 Å². The van der Waals surface area contributed by atoms with E-state index in [1.165, 1.54) is 18.4 Å². The molecule has 2 fully saturated rings. The molecule has 0 spiro atoms. The molecule has 5 rings (SSSR count). The van der Waals surface area contributed by atoms with Crippen LogP contribution in [0.4, 0.5) is 0 Å². The summed E-state index contributed by atoms with van der Waals surface area (Å²) in [6.45, 7) is 4.59. The fraction of sp³-hybridized carbons (Fsp3) is 0.519. The minimum absolute atomic E-state index is 0. The molecular weight excluding hydrogens is 492 g/mol. The van der Waals surface area contributed by atoms with Gasteiger partial charge in [-0.2, -0.15) is 0 Å². The maximum Gasteiger partial charge on any atom is 0.173 e. The molecule has 0 N–H and O–H groups in total. The second kappa shape index (κ2) is 12.6. The molecule has 0 radical (unpaired) electrons. The number of ether oxygens (including phenoxy) is 3. The Hall–Kier alpha value is -2.88. The molecule has 200 valence electrons. The summed E-state index contributed by atoms with van der Waals surface area (Å²) in [5.41, 5.74) is 2.33. The number of nitrogens with zero attached hydrogens (tertiary/aromatic N) is 6. The molecule has 1 aliphatic heterocycles. The molecule has 1 aromatic heterocycles. The van der Waals surface area contributed by atoms with Crippen molar-refractivity contribution in [2.24, 2.45) is 0 Å². The molecule has 2 aliphatic rings. The van der Waals surface area contributed by atoms with Crippen LogP contribution in [0.15, 0.2) is 42.5 Å². The minimum atomic E-state index is -0.0613. The van der Waals surface area contributed by atoms with Gasteiger partial charge in [0.25, 0.3) is 0 Å². The number of halogens is 1. The van der Waals surface area contributed by atoms with Crippen LogP contribution in [-0.4, -0.2) is 77.5 Å². The number of hydrogen-bond acceptors (Lipinski definition) is 8. The SMILES string of the molecule is COc1ccccc1CN1CCN(C(c2ccc(OC)c(OC)c2)c2nnnn2C2CCCC2)CC1.Cl. The van der Waals surface area contributed by atoms with Crippen LogP contribution in [0, 0.1) is 0 Å². The van der Waals surface area contributed by atoms with Crippen molar-refractivity contribution in [3.63, 3.8) is 0 Å². The van der Waals surface area contributed by atoms with Crippen LogP contribution in [0.1, 0.15) is 54.7 Å². The number of piperazine rings is 1. The number of rotatable bonds is 9. The minimum Gasteiger partial charge on any atom is -0.496 e. The lowest BCUT2D eigenvalue weighted by atomic mass is 10.0. The monoisotopic (exact) mass is 528 g/mol. The normalized spacial score (nSPS) is 17.8. The average Bonchev–Trinajstić information content (AvgIpc) is 3.62. The summed E-state index contributed by atoms with van der Waals surface area (Å²) in [6.07, 6.45) is 4.71. The maximum atomic E-state index is 5.64. The quantitative estimate of drug-likeness (QED) is 0.410. The van der Waals surface area contributed by atoms with Gasteiger partial charge in [-0.05, 0) is 47.0 Å². The van der Waals surface area contributed by atoms with E-state index in [1.54, 1.807) is 21.3 Å². The van der Waals surface area contributed by atoms with E-state index in [4.69, 9.17) is 14.2 Å². The summed E-state index contributed by atoms with van der Waals surface area (Å²) < 4.78 is 18.8. The van der Waals surface area contributed by atoms with E-state index in [-0.39, 0.29) is 18.4 Å². The van der Waals surface area contributed by atoms with E-state index in [0.717, 1.165) is 74.2 Å². The van der Waals surface area contributed by atoms with E-state index in [0.29, 0.717) is 6.04 Å². The molecule has 1 aliphatic carbocycles. The standard InChI is InChI=1S/C27H36N6O3.ClH/c1-34-23-11-7-4-8-21(23)19-31-14-16-32(17-15-31)26(20-12-13-24(35-2)25(18-20)36-3)27-28-29-30-33(27)22-9-5-6-10-22;/h4,7-8,11-13,18,22,26H,5-6,9-10,14-17,19H2,1-3H3;1H. The molecule has 9 nitrogen and oxygen atoms in total. The number of tetrazole rings is 1. The van der Waals surface area contributed by atoms with E-state index >= 15 is 0 Å². The average molecular weight is 529 g/mol. The third-order valence-corrected chi connectivity index (χ3v) is 7.52. The smallest absolute Gasteiger partial charge is 0.173 e. The summed E-state index contributed by atoms with van der Waals surface area (Å²) in [7, 11) is 5.07. The van der Waals surface area contributed by atoms with E-state index in [2.05, 4.69) is 54.3 Å². The maximum absolute atomic E-state index is 5.64. The molecule has 0 bridgehead atoms. The van der Waals surface area contributed by atoms with Crippen molar-refractivity contribution in [3.05, 3.63) is 59.4 Å². The Kier molecular flexibility index (Phi) is 9.23. The van der Waals surface area contributed by atoms with Gasteiger partial charge >= 0.3 is 0 Å². The zero-order chi connectivity index (χ0) is 24.9. The molecular formula is C27H37ClN6O3. The molecule has 0 amide bonds. The van der Waals surface area contributed by atoms with Crippen molar-refractivity contribution >= 4 is 12.4 Å². The molecule has 10 heteroatoms. The van der Waals surface area contributed by atoms with Crippen LogP contribution in [0.5, 0.6) is 17.2 Å². The van der Waals surface area contributed by atoms with Crippen LogP contribution in [-0.2, 0) is 6.54 Å². The highest BCUT2D eigenvalue weighted by atomic mass is 35.5. The zero-order valence-electron chi connectivity index (χ0n) is 21.9. The fourth-order valence-corrected chi connectivity index (χ4v) is 5.59. The van der Waals surface area contributed by atoms with Crippen molar-refractivity contribution < 1.29 is 14.2 Å². The molecule has 1 saturated heterocycles. The first kappa shape index (κ1) is 27.2. The highest BCUT2D eigenvalue weighted by Crippen LogP contribution is 2.37. The van der Waals surface area contributed by atoms with Gasteiger partial charge in [-0.15, -0.1) is 17.5 Å². The van der Waals surface area contributed by atoms with Crippen LogP contribution in [0.25, 0.3) is 0 Å².